The van der Waals surface area contributed by atoms with E-state index in [0.717, 1.165) is 12.8 Å². The summed E-state index contributed by atoms with van der Waals surface area (Å²) in [5.41, 5.74) is 0. The van der Waals surface area contributed by atoms with Gasteiger partial charge >= 0.3 is 5.97 Å². The van der Waals surface area contributed by atoms with Gasteiger partial charge in [0.15, 0.2) is 5.78 Å². The molecule has 0 saturated carbocycles. The molecule has 0 aliphatic carbocycles. The van der Waals surface area contributed by atoms with Gasteiger partial charge in [-0.15, -0.1) is 0 Å². The second kappa shape index (κ2) is 4.97. The maximum absolute atomic E-state index is 11.3. The largest absolute Gasteiger partial charge is 0.466 e. The Hall–Kier alpha value is -0.900. The number of ketones is 1. The number of hydrogen-bond donors (Lipinski definition) is 0. The summed E-state index contributed by atoms with van der Waals surface area (Å²) in [7, 11) is 0. The van der Waals surface area contributed by atoms with Crippen molar-refractivity contribution < 1.29 is 19.1 Å². The van der Waals surface area contributed by atoms with Gasteiger partial charge in [-0.1, -0.05) is 0 Å². The average molecular weight is 186 g/mol. The number of esters is 1. The minimum absolute atomic E-state index is 0.154. The molecule has 0 amide bonds. The highest BCUT2D eigenvalue weighted by atomic mass is 16.5. The van der Waals surface area contributed by atoms with Crippen molar-refractivity contribution in [2.75, 3.05) is 13.2 Å². The molecule has 0 radical (unpaired) electrons. The second-order valence-corrected chi connectivity index (χ2v) is 2.95. The summed E-state index contributed by atoms with van der Waals surface area (Å²) in [5, 5.41) is 0. The molecule has 13 heavy (non-hydrogen) atoms. The summed E-state index contributed by atoms with van der Waals surface area (Å²) in [5.74, 6) is -0.612. The van der Waals surface area contributed by atoms with Gasteiger partial charge in [0.05, 0.1) is 6.61 Å². The zero-order chi connectivity index (χ0) is 9.68. The second-order valence-electron chi connectivity index (χ2n) is 2.95. The van der Waals surface area contributed by atoms with Crippen molar-refractivity contribution in [3.05, 3.63) is 0 Å². The van der Waals surface area contributed by atoms with E-state index in [-0.39, 0.29) is 18.3 Å². The molecule has 0 spiro atoms. The summed E-state index contributed by atoms with van der Waals surface area (Å²) >= 11 is 0. The van der Waals surface area contributed by atoms with Crippen LogP contribution >= 0.6 is 0 Å². The van der Waals surface area contributed by atoms with Crippen molar-refractivity contribution in [3.8, 4) is 0 Å². The molecule has 1 rings (SSSR count). The lowest BCUT2D eigenvalue weighted by Gasteiger charge is -2.06. The van der Waals surface area contributed by atoms with Crippen LogP contribution in [0, 0.1) is 0 Å². The van der Waals surface area contributed by atoms with E-state index in [9.17, 15) is 9.59 Å². The molecule has 4 nitrogen and oxygen atoms in total. The number of ether oxygens (including phenoxy) is 2. The van der Waals surface area contributed by atoms with Crippen molar-refractivity contribution in [2.45, 2.75) is 32.3 Å². The molecule has 74 valence electrons. The Morgan fingerprint density at radius 2 is 2.31 bits per heavy atom. The summed E-state index contributed by atoms with van der Waals surface area (Å²) in [6.45, 7) is 2.66. The van der Waals surface area contributed by atoms with E-state index < -0.39 is 5.97 Å². The van der Waals surface area contributed by atoms with Crippen LogP contribution in [0.5, 0.6) is 0 Å². The zero-order valence-electron chi connectivity index (χ0n) is 7.75. The van der Waals surface area contributed by atoms with Crippen LogP contribution in [0.15, 0.2) is 0 Å². The lowest BCUT2D eigenvalue weighted by atomic mass is 10.1. The molecule has 1 atom stereocenters. The Morgan fingerprint density at radius 3 is 2.85 bits per heavy atom. The third-order valence-corrected chi connectivity index (χ3v) is 1.91. The minimum atomic E-state index is -0.456. The molecule has 0 aromatic carbocycles. The number of hydrogen-bond acceptors (Lipinski definition) is 4. The van der Waals surface area contributed by atoms with Crippen molar-refractivity contribution >= 4 is 11.8 Å². The number of rotatable bonds is 4. The van der Waals surface area contributed by atoms with Crippen LogP contribution in [0.1, 0.15) is 26.2 Å². The van der Waals surface area contributed by atoms with Crippen LogP contribution in [-0.2, 0) is 19.1 Å². The van der Waals surface area contributed by atoms with Gasteiger partial charge in [0, 0.05) is 6.61 Å². The smallest absolute Gasteiger partial charge is 0.313 e. The van der Waals surface area contributed by atoms with Crippen LogP contribution < -0.4 is 0 Å². The lowest BCUT2D eigenvalue weighted by molar-refractivity contribution is -0.147. The maximum atomic E-state index is 11.3. The first-order valence-corrected chi connectivity index (χ1v) is 4.54. The fourth-order valence-electron chi connectivity index (χ4n) is 1.30. The lowest BCUT2D eigenvalue weighted by Crippen LogP contribution is -2.23. The summed E-state index contributed by atoms with van der Waals surface area (Å²) in [4.78, 5) is 22.2. The molecule has 1 fully saturated rings. The number of carbonyl (C=O) groups is 2. The zero-order valence-corrected chi connectivity index (χ0v) is 7.75. The van der Waals surface area contributed by atoms with Gasteiger partial charge in [-0.05, 0) is 19.8 Å². The topological polar surface area (TPSA) is 52.6 Å². The first kappa shape index (κ1) is 10.2. The Labute approximate surface area is 77.2 Å². The normalized spacial score (nSPS) is 21.5. The van der Waals surface area contributed by atoms with Gasteiger partial charge in [0.2, 0.25) is 0 Å². The van der Waals surface area contributed by atoms with Crippen LogP contribution in [0.3, 0.4) is 0 Å². The van der Waals surface area contributed by atoms with Crippen LogP contribution in [0.4, 0.5) is 0 Å². The third kappa shape index (κ3) is 3.14. The fraction of sp³-hybridized carbons (Fsp3) is 0.778. The third-order valence-electron chi connectivity index (χ3n) is 1.91. The van der Waals surface area contributed by atoms with E-state index in [0.29, 0.717) is 13.2 Å². The van der Waals surface area contributed by atoms with Gasteiger partial charge < -0.3 is 9.47 Å². The van der Waals surface area contributed by atoms with Gasteiger partial charge in [0.25, 0.3) is 0 Å². The van der Waals surface area contributed by atoms with E-state index in [4.69, 9.17) is 4.74 Å². The van der Waals surface area contributed by atoms with Gasteiger partial charge in [0.1, 0.15) is 12.5 Å². The molecular formula is C9H14O4. The predicted molar refractivity (Wildman–Crippen MR) is 45.2 cm³/mol. The van der Waals surface area contributed by atoms with Crippen LogP contribution in [-0.4, -0.2) is 31.1 Å². The van der Waals surface area contributed by atoms with Crippen LogP contribution in [0.25, 0.3) is 0 Å². The Bertz CT molecular complexity index is 194. The number of Topliss-reactive ketones (excluding diaryl/α,β-unsaturated/α-hetero) is 1. The average Bonchev–Trinajstić information content (AvgIpc) is 2.55. The van der Waals surface area contributed by atoms with Crippen LogP contribution in [0.2, 0.25) is 0 Å². The first-order chi connectivity index (χ1) is 6.24. The molecule has 1 heterocycles. The van der Waals surface area contributed by atoms with E-state index in [1.54, 1.807) is 6.92 Å². The summed E-state index contributed by atoms with van der Waals surface area (Å²) in [6, 6.07) is 0. The Morgan fingerprint density at radius 1 is 1.54 bits per heavy atom. The summed E-state index contributed by atoms with van der Waals surface area (Å²) in [6.07, 6.45) is 1.11. The predicted octanol–water partition coefficient (Wildman–Crippen LogP) is 0.688. The van der Waals surface area contributed by atoms with Gasteiger partial charge in [-0.2, -0.15) is 0 Å². The maximum Gasteiger partial charge on any atom is 0.313 e. The molecule has 0 N–H and O–H groups in total. The van der Waals surface area contributed by atoms with E-state index >= 15 is 0 Å². The minimum Gasteiger partial charge on any atom is -0.466 e. The molecule has 0 aromatic heterocycles. The molecule has 4 heteroatoms. The van der Waals surface area contributed by atoms with Gasteiger partial charge in [-0.25, -0.2) is 0 Å². The van der Waals surface area contributed by atoms with Crippen molar-refractivity contribution in [1.82, 2.24) is 0 Å². The highest BCUT2D eigenvalue weighted by Crippen LogP contribution is 2.14. The van der Waals surface area contributed by atoms with Gasteiger partial charge in [-0.3, -0.25) is 9.59 Å². The molecule has 1 unspecified atom stereocenters. The van der Waals surface area contributed by atoms with Crippen molar-refractivity contribution in [1.29, 1.82) is 0 Å². The summed E-state index contributed by atoms with van der Waals surface area (Å²) < 4.78 is 9.79. The first-order valence-electron chi connectivity index (χ1n) is 4.54. The standard InChI is InChI=1S/C9H14O4/c1-2-12-9(11)6-7(10)8-4-3-5-13-8/h8H,2-6H2,1H3. The number of carbonyl (C=O) groups excluding carboxylic acids is 2. The van der Waals surface area contributed by atoms with Crippen molar-refractivity contribution in [2.24, 2.45) is 0 Å². The molecule has 1 saturated heterocycles. The Kier molecular flexibility index (Phi) is 3.89. The molecule has 0 bridgehead atoms. The molecule has 1 aliphatic heterocycles. The highest BCUT2D eigenvalue weighted by Gasteiger charge is 2.25. The fourth-order valence-corrected chi connectivity index (χ4v) is 1.30. The highest BCUT2D eigenvalue weighted by molar-refractivity contribution is 5.98. The van der Waals surface area contributed by atoms with E-state index in [2.05, 4.69) is 4.74 Å². The SMILES string of the molecule is CCOC(=O)CC(=O)C1CCCO1. The Balaban J connectivity index is 2.27. The van der Waals surface area contributed by atoms with E-state index in [1.165, 1.54) is 0 Å². The molecular weight excluding hydrogens is 172 g/mol. The van der Waals surface area contributed by atoms with Crippen molar-refractivity contribution in [3.63, 3.8) is 0 Å². The molecule has 0 aromatic rings. The monoisotopic (exact) mass is 186 g/mol. The van der Waals surface area contributed by atoms with E-state index in [1.807, 2.05) is 0 Å². The quantitative estimate of drug-likeness (QED) is 0.478. The molecule has 1 aliphatic rings.